The molecule has 1 aliphatic heterocycles. The number of carbonyl (C=O) groups excluding carboxylic acids is 1. The fourth-order valence-corrected chi connectivity index (χ4v) is 3.27. The monoisotopic (exact) mass is 354 g/mol. The van der Waals surface area contributed by atoms with Gasteiger partial charge in [0.15, 0.2) is 11.5 Å². The molecule has 0 fully saturated rings. The van der Waals surface area contributed by atoms with Crippen LogP contribution in [-0.2, 0) is 19.4 Å². The smallest absolute Gasteiger partial charge is 0.315 e. The molecule has 0 spiro atoms. The van der Waals surface area contributed by atoms with Gasteiger partial charge in [-0.25, -0.2) is 4.79 Å². The molecular formula is C20H22N2O4. The molecule has 2 amide bonds. The Labute approximate surface area is 152 Å². The number of carbonyl (C=O) groups is 1. The summed E-state index contributed by atoms with van der Waals surface area (Å²) in [6.07, 6.45) is 3.53. The Morgan fingerprint density at radius 3 is 2.85 bits per heavy atom. The molecule has 1 aliphatic carbocycles. The van der Waals surface area contributed by atoms with Gasteiger partial charge in [0.2, 0.25) is 6.79 Å². The van der Waals surface area contributed by atoms with Gasteiger partial charge >= 0.3 is 6.03 Å². The number of hydrogen-bond donors (Lipinski definition) is 2. The second kappa shape index (κ2) is 7.56. The second-order valence-corrected chi connectivity index (χ2v) is 6.43. The fraction of sp³-hybridized carbons (Fsp3) is 0.350. The molecule has 136 valence electrons. The quantitative estimate of drug-likeness (QED) is 0.783. The number of aryl methyl sites for hydroxylation is 2. The number of urea groups is 1. The van der Waals surface area contributed by atoms with E-state index < -0.39 is 0 Å². The first-order valence-electron chi connectivity index (χ1n) is 8.93. The molecule has 2 aliphatic rings. The third kappa shape index (κ3) is 3.85. The first kappa shape index (κ1) is 16.6. The molecule has 0 bridgehead atoms. The van der Waals surface area contributed by atoms with Crippen molar-refractivity contribution in [3.8, 4) is 17.2 Å². The van der Waals surface area contributed by atoms with Crippen molar-refractivity contribution in [2.45, 2.75) is 25.8 Å². The molecule has 0 radical (unpaired) electrons. The summed E-state index contributed by atoms with van der Waals surface area (Å²) in [5.74, 6) is 2.32. The van der Waals surface area contributed by atoms with Gasteiger partial charge in [-0.05, 0) is 60.2 Å². The van der Waals surface area contributed by atoms with Crippen LogP contribution in [0.3, 0.4) is 0 Å². The summed E-state index contributed by atoms with van der Waals surface area (Å²) >= 11 is 0. The Morgan fingerprint density at radius 2 is 1.88 bits per heavy atom. The maximum absolute atomic E-state index is 11.9. The Bertz CT molecular complexity index is 806. The molecule has 2 aromatic rings. The minimum absolute atomic E-state index is 0.222. The van der Waals surface area contributed by atoms with E-state index in [1.165, 1.54) is 24.0 Å². The van der Waals surface area contributed by atoms with E-state index in [2.05, 4.69) is 22.8 Å². The zero-order valence-electron chi connectivity index (χ0n) is 14.5. The summed E-state index contributed by atoms with van der Waals surface area (Å²) in [5.41, 5.74) is 3.77. The summed E-state index contributed by atoms with van der Waals surface area (Å²) in [6, 6.07) is 11.7. The van der Waals surface area contributed by atoms with E-state index in [1.807, 2.05) is 24.3 Å². The summed E-state index contributed by atoms with van der Waals surface area (Å²) in [7, 11) is 0. The van der Waals surface area contributed by atoms with Crippen LogP contribution >= 0.6 is 0 Å². The van der Waals surface area contributed by atoms with Crippen LogP contribution in [0.5, 0.6) is 17.2 Å². The van der Waals surface area contributed by atoms with Gasteiger partial charge in [0.1, 0.15) is 12.4 Å². The molecule has 1 heterocycles. The van der Waals surface area contributed by atoms with E-state index >= 15 is 0 Å². The van der Waals surface area contributed by atoms with Crippen LogP contribution in [-0.4, -0.2) is 26.0 Å². The molecule has 6 heteroatoms. The van der Waals surface area contributed by atoms with Crippen LogP contribution < -0.4 is 24.8 Å². The highest BCUT2D eigenvalue weighted by Crippen LogP contribution is 2.32. The van der Waals surface area contributed by atoms with E-state index in [0.29, 0.717) is 25.4 Å². The van der Waals surface area contributed by atoms with Gasteiger partial charge in [0, 0.05) is 6.54 Å². The lowest BCUT2D eigenvalue weighted by Gasteiger charge is -2.10. The van der Waals surface area contributed by atoms with Crippen LogP contribution in [0.25, 0.3) is 0 Å². The maximum Gasteiger partial charge on any atom is 0.315 e. The third-order valence-corrected chi connectivity index (χ3v) is 4.62. The Balaban J connectivity index is 1.16. The van der Waals surface area contributed by atoms with Crippen molar-refractivity contribution in [2.75, 3.05) is 19.9 Å². The number of nitrogens with one attached hydrogen (secondary N) is 2. The van der Waals surface area contributed by atoms with Crippen LogP contribution in [0.4, 0.5) is 4.79 Å². The molecule has 26 heavy (non-hydrogen) atoms. The summed E-state index contributed by atoms with van der Waals surface area (Å²) in [5, 5.41) is 5.62. The van der Waals surface area contributed by atoms with Crippen molar-refractivity contribution >= 4 is 6.03 Å². The Hall–Kier alpha value is -2.89. The Morgan fingerprint density at radius 1 is 1.00 bits per heavy atom. The molecule has 4 rings (SSSR count). The standard InChI is InChI=1S/C20H22N2O4/c23-20(22-12-14-4-7-18-19(10-14)26-13-25-18)21-8-9-24-17-6-5-15-2-1-3-16(15)11-17/h4-7,10-11H,1-3,8-9,12-13H2,(H2,21,22,23). The van der Waals surface area contributed by atoms with Gasteiger partial charge in [0.25, 0.3) is 0 Å². The lowest BCUT2D eigenvalue weighted by Crippen LogP contribution is -2.37. The normalized spacial score (nSPS) is 14.0. The molecule has 0 saturated carbocycles. The van der Waals surface area contributed by atoms with Gasteiger partial charge in [0.05, 0.1) is 6.54 Å². The number of rotatable bonds is 6. The van der Waals surface area contributed by atoms with Gasteiger partial charge in [-0.2, -0.15) is 0 Å². The van der Waals surface area contributed by atoms with Crippen LogP contribution in [0.2, 0.25) is 0 Å². The number of fused-ring (bicyclic) bond motifs is 2. The van der Waals surface area contributed by atoms with Crippen molar-refractivity contribution in [3.63, 3.8) is 0 Å². The van der Waals surface area contributed by atoms with E-state index in [9.17, 15) is 4.79 Å². The number of ether oxygens (including phenoxy) is 3. The first-order chi connectivity index (χ1) is 12.8. The lowest BCUT2D eigenvalue weighted by atomic mass is 10.1. The summed E-state index contributed by atoms with van der Waals surface area (Å²) in [4.78, 5) is 11.9. The van der Waals surface area contributed by atoms with Crippen molar-refractivity contribution in [2.24, 2.45) is 0 Å². The van der Waals surface area contributed by atoms with E-state index in [-0.39, 0.29) is 12.8 Å². The number of amides is 2. The highest BCUT2D eigenvalue weighted by atomic mass is 16.7. The lowest BCUT2D eigenvalue weighted by molar-refractivity contribution is 0.174. The van der Waals surface area contributed by atoms with Gasteiger partial charge in [-0.15, -0.1) is 0 Å². The number of benzene rings is 2. The highest BCUT2D eigenvalue weighted by molar-refractivity contribution is 5.73. The van der Waals surface area contributed by atoms with Gasteiger partial charge < -0.3 is 24.8 Å². The second-order valence-electron chi connectivity index (χ2n) is 6.43. The molecular weight excluding hydrogens is 332 g/mol. The minimum atomic E-state index is -0.222. The SMILES string of the molecule is O=C(NCCOc1ccc2c(c1)CCC2)NCc1ccc2c(c1)OCO2. The molecule has 0 atom stereocenters. The van der Waals surface area contributed by atoms with Crippen molar-refractivity contribution in [3.05, 3.63) is 53.1 Å². The van der Waals surface area contributed by atoms with Crippen LogP contribution in [0.15, 0.2) is 36.4 Å². The van der Waals surface area contributed by atoms with Crippen LogP contribution in [0.1, 0.15) is 23.1 Å². The third-order valence-electron chi connectivity index (χ3n) is 4.62. The summed E-state index contributed by atoms with van der Waals surface area (Å²) < 4.78 is 16.3. The molecule has 0 saturated heterocycles. The van der Waals surface area contributed by atoms with Crippen LogP contribution in [0, 0.1) is 0 Å². The van der Waals surface area contributed by atoms with Crippen molar-refractivity contribution < 1.29 is 19.0 Å². The molecule has 0 aromatic heterocycles. The van der Waals surface area contributed by atoms with Gasteiger partial charge in [-0.3, -0.25) is 0 Å². The zero-order valence-corrected chi connectivity index (χ0v) is 14.5. The fourth-order valence-electron chi connectivity index (χ4n) is 3.27. The Kier molecular flexibility index (Phi) is 4.82. The maximum atomic E-state index is 11.9. The molecule has 6 nitrogen and oxygen atoms in total. The van der Waals surface area contributed by atoms with E-state index in [1.54, 1.807) is 0 Å². The van der Waals surface area contributed by atoms with E-state index in [0.717, 1.165) is 23.5 Å². The largest absolute Gasteiger partial charge is 0.492 e. The topological polar surface area (TPSA) is 68.8 Å². The van der Waals surface area contributed by atoms with Gasteiger partial charge in [-0.1, -0.05) is 12.1 Å². The zero-order chi connectivity index (χ0) is 17.8. The van der Waals surface area contributed by atoms with Crippen molar-refractivity contribution in [1.29, 1.82) is 0 Å². The number of hydrogen-bond acceptors (Lipinski definition) is 4. The highest BCUT2D eigenvalue weighted by Gasteiger charge is 2.13. The van der Waals surface area contributed by atoms with E-state index in [4.69, 9.17) is 14.2 Å². The predicted molar refractivity (Wildman–Crippen MR) is 96.8 cm³/mol. The van der Waals surface area contributed by atoms with Crippen molar-refractivity contribution in [1.82, 2.24) is 10.6 Å². The average Bonchev–Trinajstić information content (AvgIpc) is 3.31. The summed E-state index contributed by atoms with van der Waals surface area (Å²) in [6.45, 7) is 1.56. The average molecular weight is 354 g/mol. The molecule has 2 aromatic carbocycles. The molecule has 0 unspecified atom stereocenters. The minimum Gasteiger partial charge on any atom is -0.492 e. The predicted octanol–water partition coefficient (Wildman–Crippen LogP) is 2.78. The molecule has 2 N–H and O–H groups in total. The first-order valence-corrected chi connectivity index (χ1v) is 8.93.